The molecule has 0 aromatic rings. The van der Waals surface area contributed by atoms with Gasteiger partial charge in [-0.1, -0.05) is 0 Å². The van der Waals surface area contributed by atoms with Crippen molar-refractivity contribution in [1.29, 1.82) is 0 Å². The average Bonchev–Trinajstić information content (AvgIpc) is 1.82. The summed E-state index contributed by atoms with van der Waals surface area (Å²) in [6.45, 7) is 0.0336. The number of hydrogen-bond donors (Lipinski definition) is 1. The summed E-state index contributed by atoms with van der Waals surface area (Å²) < 4.78 is 4.24. The molecule has 0 saturated heterocycles. The first-order valence-electron chi connectivity index (χ1n) is 3.43. The Kier molecular flexibility index (Phi) is 2.23. The molecule has 0 aliphatic heterocycles. The fourth-order valence-corrected chi connectivity index (χ4v) is 1.20. The summed E-state index contributed by atoms with van der Waals surface area (Å²) in [6, 6.07) is 0. The van der Waals surface area contributed by atoms with Crippen LogP contribution >= 0.6 is 0 Å². The SMILES string of the molecule is O=COC1(O)CC(=O)CC(=O)C1. The third-order valence-corrected chi connectivity index (χ3v) is 1.61. The highest BCUT2D eigenvalue weighted by atomic mass is 16.6. The second-order valence-corrected chi connectivity index (χ2v) is 2.77. The number of ketones is 2. The van der Waals surface area contributed by atoms with Crippen molar-refractivity contribution in [2.75, 3.05) is 0 Å². The molecule has 5 nitrogen and oxygen atoms in total. The molecule has 66 valence electrons. The van der Waals surface area contributed by atoms with Crippen LogP contribution in [-0.4, -0.2) is 28.9 Å². The molecular weight excluding hydrogens is 164 g/mol. The number of Topliss-reactive ketones (excluding diaryl/α,β-unsaturated/α-hetero) is 2. The molecule has 0 spiro atoms. The first kappa shape index (κ1) is 8.86. The van der Waals surface area contributed by atoms with Crippen LogP contribution in [0.25, 0.3) is 0 Å². The van der Waals surface area contributed by atoms with Crippen molar-refractivity contribution in [1.82, 2.24) is 0 Å². The Labute approximate surface area is 68.3 Å². The Morgan fingerprint density at radius 3 is 2.25 bits per heavy atom. The quantitative estimate of drug-likeness (QED) is 0.334. The number of rotatable bonds is 2. The summed E-state index contributed by atoms with van der Waals surface area (Å²) in [5.74, 6) is -2.71. The summed E-state index contributed by atoms with van der Waals surface area (Å²) in [6.07, 6.45) is -0.764. The molecule has 0 heterocycles. The summed E-state index contributed by atoms with van der Waals surface area (Å²) in [4.78, 5) is 31.5. The minimum Gasteiger partial charge on any atom is -0.434 e. The largest absolute Gasteiger partial charge is 0.434 e. The van der Waals surface area contributed by atoms with E-state index in [-0.39, 0.29) is 25.7 Å². The molecule has 0 atom stereocenters. The van der Waals surface area contributed by atoms with E-state index in [1.54, 1.807) is 0 Å². The van der Waals surface area contributed by atoms with Gasteiger partial charge in [-0.25, -0.2) is 0 Å². The maximum Gasteiger partial charge on any atom is 0.295 e. The van der Waals surface area contributed by atoms with Crippen LogP contribution in [0.5, 0.6) is 0 Å². The van der Waals surface area contributed by atoms with Crippen LogP contribution < -0.4 is 0 Å². The van der Waals surface area contributed by atoms with Crippen molar-refractivity contribution in [2.24, 2.45) is 0 Å². The Bertz CT molecular complexity index is 216. The topological polar surface area (TPSA) is 80.7 Å². The molecular formula is C7H8O5. The standard InChI is InChI=1S/C7H8O5/c8-4-12-7(11)2-5(9)1-6(10)3-7/h4,11H,1-3H2. The van der Waals surface area contributed by atoms with Crippen molar-refractivity contribution in [2.45, 2.75) is 25.0 Å². The molecule has 1 N–H and O–H groups in total. The predicted octanol–water partition coefficient (Wildman–Crippen LogP) is -0.830. The summed E-state index contributed by atoms with van der Waals surface area (Å²) >= 11 is 0. The molecule has 12 heavy (non-hydrogen) atoms. The molecule has 1 saturated carbocycles. The third kappa shape index (κ3) is 1.88. The van der Waals surface area contributed by atoms with Crippen LogP contribution in [0.3, 0.4) is 0 Å². The molecule has 1 aliphatic carbocycles. The number of ether oxygens (including phenoxy) is 1. The Hall–Kier alpha value is -1.23. The van der Waals surface area contributed by atoms with Gasteiger partial charge in [-0.2, -0.15) is 0 Å². The normalized spacial score (nSPS) is 22.1. The summed E-state index contributed by atoms with van der Waals surface area (Å²) in [5.41, 5.74) is 0. The Morgan fingerprint density at radius 2 is 1.83 bits per heavy atom. The minimum atomic E-state index is -1.89. The average molecular weight is 172 g/mol. The third-order valence-electron chi connectivity index (χ3n) is 1.61. The fraction of sp³-hybridized carbons (Fsp3) is 0.571. The maximum atomic E-state index is 10.8. The van der Waals surface area contributed by atoms with E-state index in [0.29, 0.717) is 0 Å². The van der Waals surface area contributed by atoms with Crippen LogP contribution in [0.2, 0.25) is 0 Å². The zero-order chi connectivity index (χ0) is 9.19. The molecule has 0 bridgehead atoms. The van der Waals surface area contributed by atoms with Crippen LogP contribution in [-0.2, 0) is 19.1 Å². The van der Waals surface area contributed by atoms with Crippen LogP contribution in [0.1, 0.15) is 19.3 Å². The molecule has 5 heteroatoms. The smallest absolute Gasteiger partial charge is 0.295 e. The van der Waals surface area contributed by atoms with Crippen LogP contribution in [0, 0.1) is 0 Å². The van der Waals surface area contributed by atoms with Gasteiger partial charge in [0.2, 0.25) is 5.79 Å². The first-order valence-corrected chi connectivity index (χ1v) is 3.43. The lowest BCUT2D eigenvalue weighted by Gasteiger charge is -2.27. The molecule has 0 aromatic heterocycles. The fourth-order valence-electron chi connectivity index (χ4n) is 1.20. The van der Waals surface area contributed by atoms with E-state index in [1.807, 2.05) is 0 Å². The second kappa shape index (κ2) is 3.02. The highest BCUT2D eigenvalue weighted by Crippen LogP contribution is 2.23. The van der Waals surface area contributed by atoms with Gasteiger partial charge in [0.15, 0.2) is 0 Å². The van der Waals surface area contributed by atoms with E-state index in [1.165, 1.54) is 0 Å². The van der Waals surface area contributed by atoms with Crippen molar-refractivity contribution >= 4 is 18.0 Å². The predicted molar refractivity (Wildman–Crippen MR) is 36.0 cm³/mol. The monoisotopic (exact) mass is 172 g/mol. The van der Waals surface area contributed by atoms with Crippen LogP contribution in [0.4, 0.5) is 0 Å². The lowest BCUT2D eigenvalue weighted by molar-refractivity contribution is -0.204. The van der Waals surface area contributed by atoms with Crippen molar-refractivity contribution in [3.05, 3.63) is 0 Å². The number of carbonyl (C=O) groups excluding carboxylic acids is 3. The van der Waals surface area contributed by atoms with Gasteiger partial charge < -0.3 is 9.84 Å². The van der Waals surface area contributed by atoms with E-state index in [9.17, 15) is 19.5 Å². The first-order chi connectivity index (χ1) is 5.56. The number of aliphatic hydroxyl groups is 1. The van der Waals surface area contributed by atoms with Gasteiger partial charge >= 0.3 is 0 Å². The molecule has 0 radical (unpaired) electrons. The summed E-state index contributed by atoms with van der Waals surface area (Å²) in [7, 11) is 0. The van der Waals surface area contributed by atoms with Gasteiger partial charge in [0.1, 0.15) is 11.6 Å². The Balaban J connectivity index is 2.70. The van der Waals surface area contributed by atoms with Gasteiger partial charge in [0.05, 0.1) is 19.3 Å². The zero-order valence-electron chi connectivity index (χ0n) is 6.28. The maximum absolute atomic E-state index is 10.8. The second-order valence-electron chi connectivity index (χ2n) is 2.77. The minimum absolute atomic E-state index is 0.0336. The molecule has 0 amide bonds. The molecule has 1 fully saturated rings. The highest BCUT2D eigenvalue weighted by Gasteiger charge is 2.39. The molecule has 0 aromatic carbocycles. The molecule has 1 rings (SSSR count). The number of hydrogen-bond acceptors (Lipinski definition) is 5. The lowest BCUT2D eigenvalue weighted by atomic mass is 9.92. The van der Waals surface area contributed by atoms with Gasteiger partial charge in [-0.3, -0.25) is 14.4 Å². The molecule has 1 aliphatic rings. The van der Waals surface area contributed by atoms with E-state index < -0.39 is 17.4 Å². The van der Waals surface area contributed by atoms with E-state index >= 15 is 0 Å². The van der Waals surface area contributed by atoms with Gasteiger partial charge in [-0.05, 0) is 0 Å². The van der Waals surface area contributed by atoms with E-state index in [0.717, 1.165) is 0 Å². The number of carbonyl (C=O) groups is 3. The van der Waals surface area contributed by atoms with Crippen molar-refractivity contribution < 1.29 is 24.2 Å². The lowest BCUT2D eigenvalue weighted by Crippen LogP contribution is -2.41. The van der Waals surface area contributed by atoms with E-state index in [2.05, 4.69) is 4.74 Å². The Morgan fingerprint density at radius 1 is 1.33 bits per heavy atom. The summed E-state index contributed by atoms with van der Waals surface area (Å²) in [5, 5.41) is 9.32. The van der Waals surface area contributed by atoms with Crippen LogP contribution in [0.15, 0.2) is 0 Å². The van der Waals surface area contributed by atoms with E-state index in [4.69, 9.17) is 0 Å². The van der Waals surface area contributed by atoms with Gasteiger partial charge in [-0.15, -0.1) is 0 Å². The van der Waals surface area contributed by atoms with Crippen molar-refractivity contribution in [3.63, 3.8) is 0 Å². The highest BCUT2D eigenvalue weighted by molar-refractivity contribution is 6.02. The van der Waals surface area contributed by atoms with Gasteiger partial charge in [0, 0.05) is 0 Å². The van der Waals surface area contributed by atoms with Crippen molar-refractivity contribution in [3.8, 4) is 0 Å². The molecule has 0 unspecified atom stereocenters. The van der Waals surface area contributed by atoms with Gasteiger partial charge in [0.25, 0.3) is 6.47 Å². The zero-order valence-corrected chi connectivity index (χ0v) is 6.28.